The Hall–Kier alpha value is -0.960. The van der Waals surface area contributed by atoms with E-state index >= 15 is 0 Å². The number of benzene rings is 1. The van der Waals surface area contributed by atoms with Gasteiger partial charge in [0, 0.05) is 10.9 Å². The van der Waals surface area contributed by atoms with Gasteiger partial charge < -0.3 is 5.32 Å². The van der Waals surface area contributed by atoms with Crippen molar-refractivity contribution in [1.29, 1.82) is 0 Å². The van der Waals surface area contributed by atoms with E-state index in [0.717, 1.165) is 5.69 Å². The minimum absolute atomic E-state index is 0.0428. The quantitative estimate of drug-likeness (QED) is 0.663. The lowest BCUT2D eigenvalue weighted by molar-refractivity contribution is 0.269. The highest BCUT2D eigenvalue weighted by molar-refractivity contribution is 8.14. The molecule has 0 saturated carbocycles. The van der Waals surface area contributed by atoms with E-state index < -0.39 is 0 Å². The largest absolute Gasteiger partial charge is 0.317 e. The maximum absolute atomic E-state index is 11.1. The molecule has 12 heavy (non-hydrogen) atoms. The van der Waals surface area contributed by atoms with Crippen LogP contribution in [0.25, 0.3) is 0 Å². The third kappa shape index (κ3) is 1.20. The van der Waals surface area contributed by atoms with E-state index in [1.807, 2.05) is 31.2 Å². The Labute approximate surface area is 75.4 Å². The Morgan fingerprint density at radius 3 is 3.00 bits per heavy atom. The maximum Gasteiger partial charge on any atom is 0.284 e. The molecule has 0 fully saturated rings. The zero-order chi connectivity index (χ0) is 8.55. The summed E-state index contributed by atoms with van der Waals surface area (Å²) in [6, 6.07) is 7.91. The average Bonchev–Trinajstić information content (AvgIpc) is 2.04. The van der Waals surface area contributed by atoms with Crippen LogP contribution in [-0.4, -0.2) is 5.24 Å². The molecule has 0 spiro atoms. The normalized spacial score (nSPS) is 21.4. The average molecular weight is 179 g/mol. The lowest BCUT2D eigenvalue weighted by atomic mass is 10.1. The van der Waals surface area contributed by atoms with Crippen molar-refractivity contribution in [2.24, 2.45) is 0 Å². The van der Waals surface area contributed by atoms with Crippen molar-refractivity contribution in [2.75, 3.05) is 5.32 Å². The summed E-state index contributed by atoms with van der Waals surface area (Å²) in [5, 5.41) is 3.13. The summed E-state index contributed by atoms with van der Waals surface area (Å²) in [5.41, 5.74) is 2.16. The van der Waals surface area contributed by atoms with E-state index in [-0.39, 0.29) is 10.5 Å². The van der Waals surface area contributed by atoms with Crippen molar-refractivity contribution in [3.63, 3.8) is 0 Å². The van der Waals surface area contributed by atoms with Gasteiger partial charge in [-0.1, -0.05) is 30.0 Å². The number of fused-ring (bicyclic) bond motifs is 1. The Kier molecular flexibility index (Phi) is 1.81. The van der Waals surface area contributed by atoms with Crippen LogP contribution in [0.15, 0.2) is 24.3 Å². The van der Waals surface area contributed by atoms with Crippen molar-refractivity contribution in [3.8, 4) is 0 Å². The van der Waals surface area contributed by atoms with Gasteiger partial charge in [-0.25, -0.2) is 0 Å². The third-order valence-electron chi connectivity index (χ3n) is 1.92. The molecule has 1 aliphatic rings. The number of thioether (sulfide) groups is 1. The van der Waals surface area contributed by atoms with E-state index in [9.17, 15) is 4.79 Å². The van der Waals surface area contributed by atoms with Crippen LogP contribution in [0.4, 0.5) is 10.5 Å². The fraction of sp³-hybridized carbons (Fsp3) is 0.222. The molecular formula is C9H9NOS. The molecule has 1 aliphatic heterocycles. The summed E-state index contributed by atoms with van der Waals surface area (Å²) >= 11 is 1.33. The molecule has 0 saturated heterocycles. The number of anilines is 1. The molecule has 1 aromatic carbocycles. The van der Waals surface area contributed by atoms with Gasteiger partial charge in [0.15, 0.2) is 0 Å². The van der Waals surface area contributed by atoms with Crippen LogP contribution in [0.5, 0.6) is 0 Å². The fourth-order valence-electron chi connectivity index (χ4n) is 1.33. The molecule has 1 aromatic rings. The lowest BCUT2D eigenvalue weighted by Gasteiger charge is -2.21. The van der Waals surface area contributed by atoms with Crippen molar-refractivity contribution in [3.05, 3.63) is 29.8 Å². The Balaban J connectivity index is 2.47. The highest BCUT2D eigenvalue weighted by Gasteiger charge is 2.20. The Bertz CT molecular complexity index is 324. The molecule has 1 heterocycles. The number of nitrogens with one attached hydrogen (secondary N) is 1. The van der Waals surface area contributed by atoms with E-state index in [1.165, 1.54) is 17.3 Å². The highest BCUT2D eigenvalue weighted by atomic mass is 32.2. The number of hydrogen-bond donors (Lipinski definition) is 1. The first-order chi connectivity index (χ1) is 5.77. The first-order valence-corrected chi connectivity index (χ1v) is 4.72. The van der Waals surface area contributed by atoms with Gasteiger partial charge in [-0.05, 0) is 18.6 Å². The molecule has 0 aliphatic carbocycles. The molecule has 3 heteroatoms. The van der Waals surface area contributed by atoms with Crippen LogP contribution < -0.4 is 5.32 Å². The third-order valence-corrected chi connectivity index (χ3v) is 2.84. The summed E-state index contributed by atoms with van der Waals surface area (Å²) in [6.45, 7) is 2.04. The van der Waals surface area contributed by atoms with E-state index in [4.69, 9.17) is 0 Å². The topological polar surface area (TPSA) is 29.1 Å². The second-order valence-electron chi connectivity index (χ2n) is 2.76. The number of hydrogen-bond acceptors (Lipinski definition) is 2. The summed E-state index contributed by atoms with van der Waals surface area (Å²) < 4.78 is 0. The predicted molar refractivity (Wildman–Crippen MR) is 51.5 cm³/mol. The lowest BCUT2D eigenvalue weighted by Crippen LogP contribution is -2.14. The zero-order valence-electron chi connectivity index (χ0n) is 6.70. The summed E-state index contributed by atoms with van der Waals surface area (Å²) in [6.07, 6.45) is 0. The molecule has 0 aromatic heterocycles. The van der Waals surface area contributed by atoms with Crippen molar-refractivity contribution in [1.82, 2.24) is 0 Å². The molecule has 1 N–H and O–H groups in total. The minimum Gasteiger partial charge on any atom is -0.317 e. The first kappa shape index (κ1) is 7.68. The molecule has 2 nitrogen and oxygen atoms in total. The summed E-state index contributed by atoms with van der Waals surface area (Å²) in [7, 11) is 0. The van der Waals surface area contributed by atoms with Gasteiger partial charge in [0.1, 0.15) is 0 Å². The molecule has 2 rings (SSSR count). The van der Waals surface area contributed by atoms with Gasteiger partial charge in [-0.3, -0.25) is 4.79 Å². The van der Waals surface area contributed by atoms with Gasteiger partial charge >= 0.3 is 0 Å². The first-order valence-electron chi connectivity index (χ1n) is 3.84. The van der Waals surface area contributed by atoms with Crippen LogP contribution >= 0.6 is 11.8 Å². The van der Waals surface area contributed by atoms with E-state index in [0.29, 0.717) is 0 Å². The Morgan fingerprint density at radius 2 is 2.17 bits per heavy atom. The van der Waals surface area contributed by atoms with Gasteiger partial charge in [0.2, 0.25) is 0 Å². The van der Waals surface area contributed by atoms with Crippen LogP contribution in [-0.2, 0) is 0 Å². The summed E-state index contributed by atoms with van der Waals surface area (Å²) in [4.78, 5) is 11.1. The van der Waals surface area contributed by atoms with Gasteiger partial charge in [-0.2, -0.15) is 0 Å². The molecule has 0 radical (unpaired) electrons. The molecule has 1 atom stereocenters. The zero-order valence-corrected chi connectivity index (χ0v) is 7.52. The van der Waals surface area contributed by atoms with Gasteiger partial charge in [0.25, 0.3) is 5.24 Å². The van der Waals surface area contributed by atoms with Crippen molar-refractivity contribution >= 4 is 22.7 Å². The second kappa shape index (κ2) is 2.83. The van der Waals surface area contributed by atoms with E-state index in [2.05, 4.69) is 5.32 Å². The van der Waals surface area contributed by atoms with Gasteiger partial charge in [-0.15, -0.1) is 0 Å². The molecule has 0 bridgehead atoms. The molecular weight excluding hydrogens is 170 g/mol. The fourth-order valence-corrected chi connectivity index (χ4v) is 2.15. The Morgan fingerprint density at radius 1 is 1.42 bits per heavy atom. The van der Waals surface area contributed by atoms with Crippen LogP contribution in [0.3, 0.4) is 0 Å². The number of carbonyl (C=O) groups excluding carboxylic acids is 1. The van der Waals surface area contributed by atoms with Gasteiger partial charge in [0.05, 0.1) is 0 Å². The molecule has 0 unspecified atom stereocenters. The van der Waals surface area contributed by atoms with Crippen molar-refractivity contribution < 1.29 is 4.79 Å². The van der Waals surface area contributed by atoms with Crippen LogP contribution in [0.2, 0.25) is 0 Å². The SMILES string of the molecule is C[C@H]1SC(=O)Nc2ccccc21. The monoisotopic (exact) mass is 179 g/mol. The standard InChI is InChI=1S/C9H9NOS/c1-6-7-4-2-3-5-8(7)10-9(11)12-6/h2-6H,1H3,(H,10,11)/t6-/m1/s1. The van der Waals surface area contributed by atoms with Crippen LogP contribution in [0.1, 0.15) is 17.7 Å². The molecule has 62 valence electrons. The number of amides is 1. The van der Waals surface area contributed by atoms with Crippen molar-refractivity contribution in [2.45, 2.75) is 12.2 Å². The molecule has 1 amide bonds. The summed E-state index contributed by atoms with van der Waals surface area (Å²) in [5.74, 6) is 0. The highest BCUT2D eigenvalue weighted by Crippen LogP contribution is 2.38. The smallest absolute Gasteiger partial charge is 0.284 e. The second-order valence-corrected chi connectivity index (χ2v) is 4.07. The maximum atomic E-state index is 11.1. The predicted octanol–water partition coefficient (Wildman–Crippen LogP) is 3.03. The van der Waals surface area contributed by atoms with E-state index in [1.54, 1.807) is 0 Å². The number of para-hydroxylation sites is 1. The minimum atomic E-state index is 0.0428. The number of rotatable bonds is 0. The van der Waals surface area contributed by atoms with Crippen LogP contribution in [0, 0.1) is 0 Å². The number of carbonyl (C=O) groups is 1.